The van der Waals surface area contributed by atoms with Crippen molar-refractivity contribution >= 4 is 28.7 Å². The molecule has 0 heterocycles. The summed E-state index contributed by atoms with van der Waals surface area (Å²) in [4.78, 5) is 0. The molecule has 3 radical (unpaired) electrons. The van der Waals surface area contributed by atoms with Crippen molar-refractivity contribution in [2.45, 2.75) is 0 Å². The molecular weight excluding hydrogens is 155 g/mol. The van der Waals surface area contributed by atoms with Crippen molar-refractivity contribution in [3.05, 3.63) is 24.3 Å². The normalized spacial score (nSPS) is 10.4. The van der Waals surface area contributed by atoms with E-state index in [0.29, 0.717) is 0 Å². The van der Waals surface area contributed by atoms with E-state index >= 15 is 0 Å². The van der Waals surface area contributed by atoms with E-state index in [1.807, 2.05) is 6.07 Å². The molecule has 0 spiro atoms. The van der Waals surface area contributed by atoms with Crippen LogP contribution in [0, 0.1) is 0 Å². The molecule has 0 saturated carbocycles. The summed E-state index contributed by atoms with van der Waals surface area (Å²) in [6.45, 7) is 4.52. The number of hydrogen-bond acceptors (Lipinski definition) is 0. The van der Waals surface area contributed by atoms with Crippen LogP contribution >= 0.6 is 7.92 Å². The standard InChI is InChI=1S/C8H10PSi/c1-9(2)7-5-3-4-6-8(7)10/h3-6H,1-2H3. The van der Waals surface area contributed by atoms with E-state index in [9.17, 15) is 0 Å². The summed E-state index contributed by atoms with van der Waals surface area (Å²) in [5, 5.41) is 2.67. The van der Waals surface area contributed by atoms with Gasteiger partial charge in [0.1, 0.15) is 0 Å². The second-order valence-electron chi connectivity index (χ2n) is 2.41. The lowest BCUT2D eigenvalue weighted by Crippen LogP contribution is -2.22. The molecule has 0 aliphatic carbocycles. The Morgan fingerprint density at radius 1 is 1.20 bits per heavy atom. The predicted octanol–water partition coefficient (Wildman–Crippen LogP) is 0.847. The average Bonchev–Trinajstić information content (AvgIpc) is 1.88. The lowest BCUT2D eigenvalue weighted by molar-refractivity contribution is 1.82. The van der Waals surface area contributed by atoms with Gasteiger partial charge in [-0.15, -0.1) is 0 Å². The molecule has 0 nitrogen and oxygen atoms in total. The number of hydrogen-bond donors (Lipinski definition) is 0. The lowest BCUT2D eigenvalue weighted by atomic mass is 10.4. The first-order valence-electron chi connectivity index (χ1n) is 3.20. The van der Waals surface area contributed by atoms with Crippen LogP contribution in [0.15, 0.2) is 24.3 Å². The lowest BCUT2D eigenvalue weighted by Gasteiger charge is -2.08. The van der Waals surface area contributed by atoms with Crippen LogP contribution in [-0.4, -0.2) is 23.6 Å². The second-order valence-corrected chi connectivity index (χ2v) is 5.22. The van der Waals surface area contributed by atoms with Crippen molar-refractivity contribution in [2.24, 2.45) is 0 Å². The van der Waals surface area contributed by atoms with Crippen molar-refractivity contribution in [1.82, 2.24) is 0 Å². The van der Waals surface area contributed by atoms with E-state index in [1.165, 1.54) is 10.5 Å². The van der Waals surface area contributed by atoms with Crippen molar-refractivity contribution in [3.63, 3.8) is 0 Å². The maximum Gasteiger partial charge on any atom is 0.0720 e. The first-order chi connectivity index (χ1) is 4.72. The molecule has 0 aliphatic heterocycles. The average molecular weight is 165 g/mol. The van der Waals surface area contributed by atoms with Gasteiger partial charge in [0.15, 0.2) is 0 Å². The Morgan fingerprint density at radius 3 is 2.20 bits per heavy atom. The topological polar surface area (TPSA) is 0 Å². The third-order valence-electron chi connectivity index (χ3n) is 1.39. The molecule has 0 aromatic heterocycles. The van der Waals surface area contributed by atoms with Crippen LogP contribution in [0.4, 0.5) is 0 Å². The zero-order valence-corrected chi connectivity index (χ0v) is 8.15. The fourth-order valence-corrected chi connectivity index (χ4v) is 2.65. The molecule has 0 N–H and O–H groups in total. The summed E-state index contributed by atoms with van der Waals surface area (Å²) >= 11 is 0. The van der Waals surface area contributed by atoms with Crippen molar-refractivity contribution in [1.29, 1.82) is 0 Å². The van der Waals surface area contributed by atoms with Crippen molar-refractivity contribution in [2.75, 3.05) is 13.3 Å². The molecule has 1 rings (SSSR count). The van der Waals surface area contributed by atoms with Gasteiger partial charge in [-0.25, -0.2) is 0 Å². The first kappa shape index (κ1) is 7.97. The van der Waals surface area contributed by atoms with Gasteiger partial charge in [0, 0.05) is 0 Å². The van der Waals surface area contributed by atoms with Crippen molar-refractivity contribution < 1.29 is 0 Å². The van der Waals surface area contributed by atoms with Gasteiger partial charge in [-0.2, -0.15) is 0 Å². The Morgan fingerprint density at radius 2 is 1.80 bits per heavy atom. The van der Waals surface area contributed by atoms with Gasteiger partial charge in [0.25, 0.3) is 0 Å². The largest absolute Gasteiger partial charge is 0.0818 e. The Hall–Kier alpha value is -0.133. The van der Waals surface area contributed by atoms with Gasteiger partial charge in [-0.05, 0) is 18.6 Å². The van der Waals surface area contributed by atoms with Crippen LogP contribution in [0.5, 0.6) is 0 Å². The van der Waals surface area contributed by atoms with Gasteiger partial charge < -0.3 is 0 Å². The Labute approximate surface area is 66.8 Å². The van der Waals surface area contributed by atoms with E-state index in [4.69, 9.17) is 0 Å². The highest BCUT2D eigenvalue weighted by Gasteiger charge is 1.98. The number of benzene rings is 1. The van der Waals surface area contributed by atoms with Crippen molar-refractivity contribution in [3.8, 4) is 0 Å². The molecule has 0 amide bonds. The molecule has 10 heavy (non-hydrogen) atoms. The highest BCUT2D eigenvalue weighted by Crippen LogP contribution is 2.20. The van der Waals surface area contributed by atoms with Crippen LogP contribution in [0.3, 0.4) is 0 Å². The minimum Gasteiger partial charge on any atom is -0.0818 e. The van der Waals surface area contributed by atoms with E-state index in [0.717, 1.165) is 0 Å². The smallest absolute Gasteiger partial charge is 0.0720 e. The maximum absolute atomic E-state index is 3.56. The zero-order valence-electron chi connectivity index (χ0n) is 6.26. The summed E-state index contributed by atoms with van der Waals surface area (Å²) in [6, 6.07) is 8.40. The quantitative estimate of drug-likeness (QED) is 0.427. The summed E-state index contributed by atoms with van der Waals surface area (Å²) in [7, 11) is 3.60. The molecule has 0 atom stereocenters. The molecule has 0 saturated heterocycles. The van der Waals surface area contributed by atoms with Crippen LogP contribution < -0.4 is 10.5 Å². The van der Waals surface area contributed by atoms with Gasteiger partial charge in [-0.3, -0.25) is 0 Å². The predicted molar refractivity (Wildman–Crippen MR) is 50.2 cm³/mol. The highest BCUT2D eigenvalue weighted by molar-refractivity contribution is 7.64. The Kier molecular flexibility index (Phi) is 2.64. The Balaban J connectivity index is 3.03. The second kappa shape index (κ2) is 3.31. The summed E-state index contributed by atoms with van der Waals surface area (Å²) < 4.78 is 0. The molecular formula is C8H10PSi. The fraction of sp³-hybridized carbons (Fsp3) is 0.250. The zero-order chi connectivity index (χ0) is 7.56. The van der Waals surface area contributed by atoms with Gasteiger partial charge in [-0.1, -0.05) is 37.4 Å². The molecule has 1 aromatic carbocycles. The van der Waals surface area contributed by atoms with Crippen LogP contribution in [0.1, 0.15) is 0 Å². The van der Waals surface area contributed by atoms with Gasteiger partial charge in [0.2, 0.25) is 0 Å². The van der Waals surface area contributed by atoms with E-state index in [-0.39, 0.29) is 7.92 Å². The SMILES string of the molecule is CP(C)c1ccccc1[Si]. The molecule has 51 valence electrons. The fourth-order valence-electron chi connectivity index (χ4n) is 0.864. The molecule has 0 aliphatic rings. The molecule has 0 unspecified atom stereocenters. The highest BCUT2D eigenvalue weighted by atomic mass is 31.1. The minimum absolute atomic E-state index is 0.0350. The third-order valence-corrected chi connectivity index (χ3v) is 3.39. The molecule has 0 bridgehead atoms. The molecule has 1 aromatic rings. The summed E-state index contributed by atoms with van der Waals surface area (Å²) in [5.74, 6) is 0. The van der Waals surface area contributed by atoms with Crippen LogP contribution in [0.25, 0.3) is 0 Å². The van der Waals surface area contributed by atoms with E-state index in [1.54, 1.807) is 0 Å². The van der Waals surface area contributed by atoms with E-state index in [2.05, 4.69) is 41.8 Å². The van der Waals surface area contributed by atoms with E-state index < -0.39 is 0 Å². The third kappa shape index (κ3) is 1.68. The number of rotatable bonds is 1. The Bertz CT molecular complexity index is 220. The summed E-state index contributed by atoms with van der Waals surface area (Å²) in [6.07, 6.45) is 0. The van der Waals surface area contributed by atoms with Crippen LogP contribution in [0.2, 0.25) is 0 Å². The first-order valence-corrected chi connectivity index (χ1v) is 5.93. The minimum atomic E-state index is 0.0350. The molecule has 2 heteroatoms. The monoisotopic (exact) mass is 165 g/mol. The van der Waals surface area contributed by atoms with Crippen LogP contribution in [-0.2, 0) is 0 Å². The van der Waals surface area contributed by atoms with Gasteiger partial charge >= 0.3 is 0 Å². The maximum atomic E-state index is 3.56. The molecule has 0 fully saturated rings. The van der Waals surface area contributed by atoms with Gasteiger partial charge in [0.05, 0.1) is 10.2 Å². The summed E-state index contributed by atoms with van der Waals surface area (Å²) in [5.41, 5.74) is 0.